The molecule has 0 aliphatic carbocycles. The quantitative estimate of drug-likeness (QED) is 0.736. The normalized spacial score (nSPS) is 8.47. The van der Waals surface area contributed by atoms with Crippen LogP contribution in [0.1, 0.15) is 0 Å². The molecule has 6 nitrogen and oxygen atoms in total. The van der Waals surface area contributed by atoms with Crippen LogP contribution in [0, 0.1) is 0 Å². The van der Waals surface area contributed by atoms with Crippen LogP contribution >= 0.6 is 12.4 Å². The largest absolute Gasteiger partial charge is 0.502 e. The first-order valence-electron chi connectivity index (χ1n) is 4.12. The summed E-state index contributed by atoms with van der Waals surface area (Å²) >= 11 is 0. The first-order chi connectivity index (χ1) is 7.61. The van der Waals surface area contributed by atoms with Gasteiger partial charge in [0.05, 0.1) is 12.5 Å². The first kappa shape index (κ1) is 14.8. The van der Waals surface area contributed by atoms with Gasteiger partial charge in [-0.05, 0) is 0 Å². The predicted molar refractivity (Wildman–Crippen MR) is 60.5 cm³/mol. The summed E-state index contributed by atoms with van der Waals surface area (Å²) < 4.78 is 8.88. The van der Waals surface area contributed by atoms with Gasteiger partial charge in [-0.15, -0.1) is 12.4 Å². The molecule has 0 saturated heterocycles. The zero-order chi connectivity index (χ0) is 12.0. The van der Waals surface area contributed by atoms with E-state index in [0.717, 1.165) is 24.7 Å². The van der Waals surface area contributed by atoms with Crippen LogP contribution in [0.15, 0.2) is 55.6 Å². The predicted octanol–water partition coefficient (Wildman–Crippen LogP) is 1.11. The summed E-state index contributed by atoms with van der Waals surface area (Å²) in [6.45, 7) is 0. The molecule has 0 unspecified atom stereocenters. The van der Waals surface area contributed by atoms with Crippen LogP contribution in [0.25, 0.3) is 0 Å². The molecule has 0 spiro atoms. The minimum absolute atomic E-state index is 0. The molecular weight excluding hydrogens is 252 g/mol. The number of rotatable bonds is 0. The summed E-state index contributed by atoms with van der Waals surface area (Å²) in [7, 11) is 0. The fourth-order valence-corrected chi connectivity index (χ4v) is 0.697. The fourth-order valence-electron chi connectivity index (χ4n) is 0.697. The van der Waals surface area contributed by atoms with Crippen molar-refractivity contribution in [2.45, 2.75) is 0 Å². The third-order valence-electron chi connectivity index (χ3n) is 1.46. The van der Waals surface area contributed by atoms with Gasteiger partial charge in [-0.2, -0.15) is 0 Å². The van der Waals surface area contributed by atoms with Gasteiger partial charge in [-0.25, -0.2) is 0 Å². The summed E-state index contributed by atoms with van der Waals surface area (Å²) in [6, 6.07) is 2.30. The number of halogens is 1. The minimum atomic E-state index is -0.420. The molecule has 0 saturated carbocycles. The lowest BCUT2D eigenvalue weighted by Crippen LogP contribution is -1.93. The van der Waals surface area contributed by atoms with Crippen LogP contribution in [-0.2, 0) is 0 Å². The average Bonchev–Trinajstić information content (AvgIpc) is 2.28. The molecule has 2 aromatic heterocycles. The lowest BCUT2D eigenvalue weighted by molar-refractivity contribution is 0.429. The molecule has 0 fully saturated rings. The zero-order valence-corrected chi connectivity index (χ0v) is 9.22. The van der Waals surface area contributed by atoms with Gasteiger partial charge in [0.15, 0.2) is 11.5 Å². The van der Waals surface area contributed by atoms with Crippen LogP contribution < -0.4 is 10.9 Å². The van der Waals surface area contributed by atoms with Gasteiger partial charge in [-0.3, -0.25) is 9.59 Å². The molecule has 7 heteroatoms. The zero-order valence-electron chi connectivity index (χ0n) is 8.40. The van der Waals surface area contributed by atoms with Crippen molar-refractivity contribution < 1.29 is 19.0 Å². The van der Waals surface area contributed by atoms with Crippen molar-refractivity contribution in [3.63, 3.8) is 0 Å². The molecular formula is C10H9ClO6. The maximum absolute atomic E-state index is 10.3. The van der Waals surface area contributed by atoms with E-state index in [0.29, 0.717) is 0 Å². The molecule has 0 atom stereocenters. The third kappa shape index (κ3) is 4.89. The summed E-state index contributed by atoms with van der Waals surface area (Å²) in [5.74, 6) is -0.708. The van der Waals surface area contributed by atoms with E-state index < -0.39 is 10.9 Å². The highest BCUT2D eigenvalue weighted by atomic mass is 35.5. The lowest BCUT2D eigenvalue weighted by Gasteiger charge is -1.82. The van der Waals surface area contributed by atoms with E-state index in [1.54, 1.807) is 0 Å². The Morgan fingerprint density at radius 1 is 0.824 bits per heavy atom. The standard InChI is InChI=1S/2C5H4O3.ClH/c2*6-4-1-2-8-3-5(4)7;/h2*1-3,7H;1H. The molecule has 0 aliphatic heterocycles. The van der Waals surface area contributed by atoms with Crippen molar-refractivity contribution in [1.82, 2.24) is 0 Å². The second-order valence-electron chi connectivity index (χ2n) is 2.61. The highest BCUT2D eigenvalue weighted by Crippen LogP contribution is 1.95. The Morgan fingerprint density at radius 2 is 1.18 bits per heavy atom. The second-order valence-corrected chi connectivity index (χ2v) is 2.61. The smallest absolute Gasteiger partial charge is 0.226 e. The minimum Gasteiger partial charge on any atom is -0.502 e. The Kier molecular flexibility index (Phi) is 6.20. The topological polar surface area (TPSA) is 101 Å². The Balaban J connectivity index is 0.000000284. The van der Waals surface area contributed by atoms with Crippen LogP contribution in [0.5, 0.6) is 11.5 Å². The molecule has 0 radical (unpaired) electrons. The van der Waals surface area contributed by atoms with E-state index in [1.165, 1.54) is 12.5 Å². The Morgan fingerprint density at radius 3 is 1.35 bits per heavy atom. The molecule has 2 aromatic rings. The average molecular weight is 261 g/mol. The van der Waals surface area contributed by atoms with Gasteiger partial charge >= 0.3 is 0 Å². The SMILES string of the molecule is Cl.O=c1ccocc1O.O=c1ccocc1O. The molecule has 92 valence electrons. The van der Waals surface area contributed by atoms with E-state index >= 15 is 0 Å². The van der Waals surface area contributed by atoms with Gasteiger partial charge in [0.1, 0.15) is 12.5 Å². The van der Waals surface area contributed by atoms with Gasteiger partial charge in [0, 0.05) is 12.1 Å². The molecule has 0 amide bonds. The summed E-state index contributed by atoms with van der Waals surface area (Å²) in [5, 5.41) is 17.0. The molecule has 0 bridgehead atoms. The molecule has 17 heavy (non-hydrogen) atoms. The molecule has 2 N–H and O–H groups in total. The maximum atomic E-state index is 10.3. The fraction of sp³-hybridized carbons (Fsp3) is 0. The summed E-state index contributed by atoms with van der Waals surface area (Å²) in [5.41, 5.74) is -0.840. The van der Waals surface area contributed by atoms with Crippen LogP contribution in [0.3, 0.4) is 0 Å². The van der Waals surface area contributed by atoms with Gasteiger partial charge < -0.3 is 19.0 Å². The Bertz CT molecular complexity index is 507. The Labute approximate surface area is 101 Å². The molecule has 2 heterocycles. The highest BCUT2D eigenvalue weighted by Gasteiger charge is 1.90. The first-order valence-corrected chi connectivity index (χ1v) is 4.12. The monoisotopic (exact) mass is 260 g/mol. The van der Waals surface area contributed by atoms with Crippen molar-refractivity contribution >= 4 is 12.4 Å². The summed E-state index contributed by atoms with van der Waals surface area (Å²) in [4.78, 5) is 20.6. The summed E-state index contributed by atoms with van der Waals surface area (Å²) in [6.07, 6.45) is 4.40. The highest BCUT2D eigenvalue weighted by molar-refractivity contribution is 5.85. The van der Waals surface area contributed by atoms with Crippen molar-refractivity contribution in [2.24, 2.45) is 0 Å². The van der Waals surface area contributed by atoms with E-state index in [-0.39, 0.29) is 23.9 Å². The van der Waals surface area contributed by atoms with Crippen molar-refractivity contribution in [3.05, 3.63) is 57.6 Å². The second kappa shape index (κ2) is 7.13. The van der Waals surface area contributed by atoms with E-state index in [1.807, 2.05) is 0 Å². The lowest BCUT2D eigenvalue weighted by atomic mass is 10.5. The Hall–Kier alpha value is -2.21. The van der Waals surface area contributed by atoms with Crippen molar-refractivity contribution in [3.8, 4) is 11.5 Å². The van der Waals surface area contributed by atoms with Gasteiger partial charge in [0.2, 0.25) is 10.9 Å². The maximum Gasteiger partial charge on any atom is 0.226 e. The third-order valence-corrected chi connectivity index (χ3v) is 1.46. The van der Waals surface area contributed by atoms with Gasteiger partial charge in [0.25, 0.3) is 0 Å². The van der Waals surface area contributed by atoms with Crippen LogP contribution in [0.4, 0.5) is 0 Å². The number of aromatic hydroxyl groups is 2. The molecule has 0 aromatic carbocycles. The van der Waals surface area contributed by atoms with Gasteiger partial charge in [-0.1, -0.05) is 0 Å². The van der Waals surface area contributed by atoms with E-state index in [9.17, 15) is 9.59 Å². The number of hydrogen-bond donors (Lipinski definition) is 2. The number of hydrogen-bond acceptors (Lipinski definition) is 6. The van der Waals surface area contributed by atoms with Crippen molar-refractivity contribution in [2.75, 3.05) is 0 Å². The van der Waals surface area contributed by atoms with Crippen LogP contribution in [0.2, 0.25) is 0 Å². The molecule has 2 rings (SSSR count). The van der Waals surface area contributed by atoms with Crippen molar-refractivity contribution in [1.29, 1.82) is 0 Å². The van der Waals surface area contributed by atoms with Crippen LogP contribution in [-0.4, -0.2) is 10.2 Å². The van der Waals surface area contributed by atoms with E-state index in [2.05, 4.69) is 8.83 Å². The van der Waals surface area contributed by atoms with E-state index in [4.69, 9.17) is 10.2 Å². The molecule has 0 aliphatic rings.